The van der Waals surface area contributed by atoms with Crippen molar-refractivity contribution in [3.8, 4) is 0 Å². The number of fused-ring (bicyclic) bond motifs is 1. The Morgan fingerprint density at radius 1 is 1.20 bits per heavy atom. The maximum Gasteiger partial charge on any atom is 0.289 e. The quantitative estimate of drug-likeness (QED) is 0.855. The van der Waals surface area contributed by atoms with E-state index in [9.17, 15) is 4.79 Å². The third-order valence-electron chi connectivity index (χ3n) is 5.10. The predicted molar refractivity (Wildman–Crippen MR) is 92.0 cm³/mol. The summed E-state index contributed by atoms with van der Waals surface area (Å²) in [6, 6.07) is 7.60. The van der Waals surface area contributed by atoms with Gasteiger partial charge in [-0.3, -0.25) is 14.7 Å². The molecule has 0 N–H and O–H groups in total. The lowest BCUT2D eigenvalue weighted by atomic mass is 9.93. The van der Waals surface area contributed by atoms with Gasteiger partial charge in [-0.1, -0.05) is 0 Å². The third kappa shape index (κ3) is 3.75. The summed E-state index contributed by atoms with van der Waals surface area (Å²) < 4.78 is 11.3. The van der Waals surface area contributed by atoms with Gasteiger partial charge in [-0.25, -0.2) is 0 Å². The van der Waals surface area contributed by atoms with E-state index in [2.05, 4.69) is 22.0 Å². The highest BCUT2D eigenvalue weighted by molar-refractivity contribution is 5.91. The molecule has 2 saturated heterocycles. The van der Waals surface area contributed by atoms with Crippen LogP contribution < -0.4 is 0 Å². The molecule has 0 aliphatic carbocycles. The van der Waals surface area contributed by atoms with Gasteiger partial charge in [0.2, 0.25) is 0 Å². The summed E-state index contributed by atoms with van der Waals surface area (Å²) in [7, 11) is 0. The Kier molecular flexibility index (Phi) is 4.81. The first-order valence-corrected chi connectivity index (χ1v) is 8.85. The average molecular weight is 341 g/mol. The van der Waals surface area contributed by atoms with Gasteiger partial charge in [0.25, 0.3) is 5.91 Å². The highest BCUT2D eigenvalue weighted by atomic mass is 16.5. The number of hydrogen-bond donors (Lipinski definition) is 0. The van der Waals surface area contributed by atoms with E-state index in [-0.39, 0.29) is 12.0 Å². The number of hydrogen-bond acceptors (Lipinski definition) is 5. The molecule has 4 rings (SSSR count). The van der Waals surface area contributed by atoms with Crippen molar-refractivity contribution in [2.75, 3.05) is 32.8 Å². The number of nitrogens with zero attached hydrogens (tertiary/aromatic N) is 3. The Labute approximate surface area is 147 Å². The standard InChI is InChI=1S/C19H23N3O3/c23-19(17-2-1-10-24-17)22-8-5-16-13-21(9-11-25-18(16)14-22)12-15-3-6-20-7-4-15/h1-4,6-7,10,16,18H,5,8-9,11-14H2/t16-,18-/m0/s1. The van der Waals surface area contributed by atoms with Gasteiger partial charge in [0.15, 0.2) is 5.76 Å². The lowest BCUT2D eigenvalue weighted by Crippen LogP contribution is -2.49. The molecule has 0 aromatic carbocycles. The van der Waals surface area contributed by atoms with Gasteiger partial charge in [0.1, 0.15) is 0 Å². The number of rotatable bonds is 3. The van der Waals surface area contributed by atoms with Gasteiger partial charge in [-0.2, -0.15) is 0 Å². The monoisotopic (exact) mass is 341 g/mol. The van der Waals surface area contributed by atoms with Crippen molar-refractivity contribution >= 4 is 5.91 Å². The fourth-order valence-electron chi connectivity index (χ4n) is 3.75. The molecule has 2 aliphatic heterocycles. The number of furan rings is 1. The third-order valence-corrected chi connectivity index (χ3v) is 5.10. The van der Waals surface area contributed by atoms with Gasteiger partial charge in [0.05, 0.1) is 19.0 Å². The molecule has 1 amide bonds. The SMILES string of the molecule is O=C(c1ccco1)N1CC[C@H]2CN(Cc3ccncc3)CCO[C@H]2C1. The smallest absolute Gasteiger partial charge is 0.289 e. The van der Waals surface area contributed by atoms with Crippen LogP contribution in [0, 0.1) is 5.92 Å². The number of likely N-dealkylation sites (tertiary alicyclic amines) is 1. The van der Waals surface area contributed by atoms with E-state index in [1.807, 2.05) is 17.3 Å². The van der Waals surface area contributed by atoms with Crippen LogP contribution in [0.25, 0.3) is 0 Å². The summed E-state index contributed by atoms with van der Waals surface area (Å²) >= 11 is 0. The Bertz CT molecular complexity index is 689. The lowest BCUT2D eigenvalue weighted by Gasteiger charge is -2.37. The van der Waals surface area contributed by atoms with Gasteiger partial charge in [-0.05, 0) is 36.2 Å². The number of carbonyl (C=O) groups is 1. The first-order valence-electron chi connectivity index (χ1n) is 8.85. The Morgan fingerprint density at radius 3 is 2.88 bits per heavy atom. The molecule has 6 heteroatoms. The van der Waals surface area contributed by atoms with Crippen LogP contribution >= 0.6 is 0 Å². The van der Waals surface area contributed by atoms with E-state index < -0.39 is 0 Å². The first kappa shape index (κ1) is 16.3. The highest BCUT2D eigenvalue weighted by Crippen LogP contribution is 2.26. The first-order chi connectivity index (χ1) is 12.3. The second kappa shape index (κ2) is 7.37. The molecule has 2 aromatic rings. The fourth-order valence-corrected chi connectivity index (χ4v) is 3.75. The van der Waals surface area contributed by atoms with Crippen LogP contribution in [0.2, 0.25) is 0 Å². The molecule has 2 aromatic heterocycles. The molecule has 0 bridgehead atoms. The van der Waals surface area contributed by atoms with Crippen molar-refractivity contribution in [2.24, 2.45) is 5.92 Å². The van der Waals surface area contributed by atoms with Crippen LogP contribution in [0.15, 0.2) is 47.3 Å². The molecule has 2 aliphatic rings. The van der Waals surface area contributed by atoms with Gasteiger partial charge < -0.3 is 14.1 Å². The molecule has 25 heavy (non-hydrogen) atoms. The minimum Gasteiger partial charge on any atom is -0.459 e. The molecule has 2 atom stereocenters. The molecule has 0 saturated carbocycles. The van der Waals surface area contributed by atoms with Crippen LogP contribution in [-0.2, 0) is 11.3 Å². The maximum absolute atomic E-state index is 12.5. The number of amides is 1. The van der Waals surface area contributed by atoms with Crippen LogP contribution in [-0.4, -0.2) is 59.6 Å². The van der Waals surface area contributed by atoms with Crippen LogP contribution in [0.5, 0.6) is 0 Å². The van der Waals surface area contributed by atoms with E-state index in [1.54, 1.807) is 18.4 Å². The largest absolute Gasteiger partial charge is 0.459 e. The molecular weight excluding hydrogens is 318 g/mol. The topological polar surface area (TPSA) is 58.8 Å². The van der Waals surface area contributed by atoms with Gasteiger partial charge in [-0.15, -0.1) is 0 Å². The van der Waals surface area contributed by atoms with Gasteiger partial charge in [0, 0.05) is 51.0 Å². The number of aromatic nitrogens is 1. The summed E-state index contributed by atoms with van der Waals surface area (Å²) in [5, 5.41) is 0. The molecule has 6 nitrogen and oxygen atoms in total. The van der Waals surface area contributed by atoms with Crippen LogP contribution in [0.1, 0.15) is 22.5 Å². The van der Waals surface area contributed by atoms with E-state index >= 15 is 0 Å². The number of piperidine rings is 1. The summed E-state index contributed by atoms with van der Waals surface area (Å²) in [5.74, 6) is 0.835. The van der Waals surface area contributed by atoms with Crippen molar-refractivity contribution in [1.82, 2.24) is 14.8 Å². The van der Waals surface area contributed by atoms with Gasteiger partial charge >= 0.3 is 0 Å². The van der Waals surface area contributed by atoms with Crippen molar-refractivity contribution in [2.45, 2.75) is 19.1 Å². The zero-order valence-electron chi connectivity index (χ0n) is 14.2. The summed E-state index contributed by atoms with van der Waals surface area (Å²) in [4.78, 5) is 20.9. The van der Waals surface area contributed by atoms with Crippen LogP contribution in [0.3, 0.4) is 0 Å². The lowest BCUT2D eigenvalue weighted by molar-refractivity contribution is -0.0179. The molecule has 2 fully saturated rings. The number of ether oxygens (including phenoxy) is 1. The normalized spacial score (nSPS) is 24.6. The molecule has 4 heterocycles. The summed E-state index contributed by atoms with van der Waals surface area (Å²) in [6.07, 6.45) is 6.29. The number of carbonyl (C=O) groups excluding carboxylic acids is 1. The average Bonchev–Trinajstić information content (AvgIpc) is 3.10. The molecule has 0 spiro atoms. The Balaban J connectivity index is 1.38. The van der Waals surface area contributed by atoms with Crippen LogP contribution in [0.4, 0.5) is 0 Å². The van der Waals surface area contributed by atoms with E-state index in [0.29, 0.717) is 24.8 Å². The fraction of sp³-hybridized carbons (Fsp3) is 0.474. The molecule has 132 valence electrons. The zero-order valence-corrected chi connectivity index (χ0v) is 14.2. The molecular formula is C19H23N3O3. The summed E-state index contributed by atoms with van der Waals surface area (Å²) in [5.41, 5.74) is 1.28. The minimum atomic E-state index is -0.0371. The highest BCUT2D eigenvalue weighted by Gasteiger charge is 2.35. The van der Waals surface area contributed by atoms with Crippen molar-refractivity contribution < 1.29 is 13.9 Å². The molecule has 0 unspecified atom stereocenters. The second-order valence-corrected chi connectivity index (χ2v) is 6.78. The molecule has 0 radical (unpaired) electrons. The van der Waals surface area contributed by atoms with Crippen molar-refractivity contribution in [1.29, 1.82) is 0 Å². The van der Waals surface area contributed by atoms with E-state index in [0.717, 1.165) is 32.6 Å². The van der Waals surface area contributed by atoms with E-state index in [4.69, 9.17) is 9.15 Å². The maximum atomic E-state index is 12.5. The van der Waals surface area contributed by atoms with E-state index in [1.165, 1.54) is 5.56 Å². The second-order valence-electron chi connectivity index (χ2n) is 6.78. The zero-order chi connectivity index (χ0) is 17.1. The summed E-state index contributed by atoms with van der Waals surface area (Å²) in [6.45, 7) is 4.96. The van der Waals surface area contributed by atoms with Crippen molar-refractivity contribution in [3.63, 3.8) is 0 Å². The Hall–Kier alpha value is -2.18. The Morgan fingerprint density at radius 2 is 2.08 bits per heavy atom. The minimum absolute atomic E-state index is 0.0371. The number of pyridine rings is 1. The predicted octanol–water partition coefficient (Wildman–Crippen LogP) is 2.04. The van der Waals surface area contributed by atoms with Crippen molar-refractivity contribution in [3.05, 3.63) is 54.2 Å².